The molecule has 276 valence electrons. The first-order valence-electron chi connectivity index (χ1n) is 20.3. The molecular formula is C56H47N. The SMILES string of the molecule is C\C=C/C=C\C(=C/CC)c1ccc(-c2cc3c(c4ccccc24)c2ccc(-c4ccc(C5=CC=CC=C(C)C5C)cc4)cc2n3-c2cccc3ccccc23)cc1. The predicted molar refractivity (Wildman–Crippen MR) is 249 cm³/mol. The van der Waals surface area contributed by atoms with Gasteiger partial charge in [-0.15, -0.1) is 0 Å². The summed E-state index contributed by atoms with van der Waals surface area (Å²) in [6.07, 6.45) is 20.5. The maximum absolute atomic E-state index is 2.52. The van der Waals surface area contributed by atoms with Crippen molar-refractivity contribution in [1.29, 1.82) is 0 Å². The summed E-state index contributed by atoms with van der Waals surface area (Å²) in [6, 6.07) is 52.2. The topological polar surface area (TPSA) is 4.93 Å². The molecule has 0 saturated carbocycles. The van der Waals surface area contributed by atoms with Crippen molar-refractivity contribution in [2.24, 2.45) is 5.92 Å². The zero-order valence-corrected chi connectivity index (χ0v) is 33.2. The molecule has 1 atom stereocenters. The monoisotopic (exact) mass is 733 g/mol. The summed E-state index contributed by atoms with van der Waals surface area (Å²) in [5.74, 6) is 0.372. The second-order valence-corrected chi connectivity index (χ2v) is 15.2. The van der Waals surface area contributed by atoms with E-state index in [2.05, 4.69) is 226 Å². The van der Waals surface area contributed by atoms with Crippen LogP contribution >= 0.6 is 0 Å². The average molecular weight is 734 g/mol. The molecule has 0 fully saturated rings. The van der Waals surface area contributed by atoms with Gasteiger partial charge in [-0.3, -0.25) is 0 Å². The second kappa shape index (κ2) is 15.4. The van der Waals surface area contributed by atoms with Crippen molar-refractivity contribution >= 4 is 54.5 Å². The number of hydrogen-bond donors (Lipinski definition) is 0. The van der Waals surface area contributed by atoms with Crippen molar-refractivity contribution < 1.29 is 0 Å². The highest BCUT2D eigenvalue weighted by Crippen LogP contribution is 2.44. The Hall–Kier alpha value is -6.70. The van der Waals surface area contributed by atoms with Crippen molar-refractivity contribution in [3.05, 3.63) is 211 Å². The molecule has 57 heavy (non-hydrogen) atoms. The normalized spacial score (nSPS) is 15.0. The summed E-state index contributed by atoms with van der Waals surface area (Å²) in [5.41, 5.74) is 14.9. The fourth-order valence-corrected chi connectivity index (χ4v) is 8.68. The largest absolute Gasteiger partial charge is 0.309 e. The van der Waals surface area contributed by atoms with Crippen LogP contribution in [0.15, 0.2) is 200 Å². The molecule has 1 aromatic heterocycles. The summed E-state index contributed by atoms with van der Waals surface area (Å²) in [4.78, 5) is 0. The van der Waals surface area contributed by atoms with Gasteiger partial charge in [0.2, 0.25) is 0 Å². The van der Waals surface area contributed by atoms with Gasteiger partial charge in [0, 0.05) is 22.1 Å². The van der Waals surface area contributed by atoms with E-state index in [0.717, 1.165) is 6.42 Å². The first-order chi connectivity index (χ1) is 28.0. The van der Waals surface area contributed by atoms with Gasteiger partial charge in [-0.25, -0.2) is 0 Å². The van der Waals surface area contributed by atoms with Gasteiger partial charge in [0.15, 0.2) is 0 Å². The first kappa shape index (κ1) is 36.0. The molecule has 1 aliphatic carbocycles. The molecule has 8 aromatic rings. The summed E-state index contributed by atoms with van der Waals surface area (Å²) in [7, 11) is 0. The van der Waals surface area contributed by atoms with Gasteiger partial charge >= 0.3 is 0 Å². The quantitative estimate of drug-likeness (QED) is 0.137. The molecule has 0 radical (unpaired) electrons. The number of aromatic nitrogens is 1. The Morgan fingerprint density at radius 3 is 2.09 bits per heavy atom. The van der Waals surface area contributed by atoms with E-state index >= 15 is 0 Å². The molecule has 1 heteroatoms. The van der Waals surface area contributed by atoms with Gasteiger partial charge in [0.05, 0.1) is 16.7 Å². The van der Waals surface area contributed by atoms with Gasteiger partial charge < -0.3 is 4.57 Å². The van der Waals surface area contributed by atoms with Gasteiger partial charge in [0.1, 0.15) is 0 Å². The molecule has 0 bridgehead atoms. The minimum Gasteiger partial charge on any atom is -0.309 e. The van der Waals surface area contributed by atoms with Gasteiger partial charge in [-0.1, -0.05) is 195 Å². The molecule has 0 amide bonds. The summed E-state index contributed by atoms with van der Waals surface area (Å²) >= 11 is 0. The molecule has 1 aliphatic rings. The van der Waals surface area contributed by atoms with E-state index in [9.17, 15) is 0 Å². The van der Waals surface area contributed by atoms with Crippen LogP contribution in [0.1, 0.15) is 45.2 Å². The van der Waals surface area contributed by atoms with E-state index in [-0.39, 0.29) is 0 Å². The molecule has 0 saturated heterocycles. The van der Waals surface area contributed by atoms with E-state index in [1.54, 1.807) is 0 Å². The highest BCUT2D eigenvalue weighted by Gasteiger charge is 2.20. The Morgan fingerprint density at radius 2 is 1.30 bits per heavy atom. The number of rotatable bonds is 8. The van der Waals surface area contributed by atoms with Gasteiger partial charge in [-0.05, 0) is 99.2 Å². The third-order valence-electron chi connectivity index (χ3n) is 11.8. The van der Waals surface area contributed by atoms with Crippen LogP contribution in [0, 0.1) is 5.92 Å². The van der Waals surface area contributed by atoms with Crippen molar-refractivity contribution in [2.45, 2.75) is 34.1 Å². The minimum atomic E-state index is 0.372. The molecule has 1 heterocycles. The standard InChI is InChI=1S/C56H47N/c1-5-7-8-18-40(16-6-2)41-26-32-45(33-27-41)52-37-55-56(50-24-14-13-23-49(50)52)51-35-34-46(36-54(51)57(55)53-25-15-20-43-19-10-12-22-48(43)53)42-28-30-44(31-29-42)47-21-11-9-17-38(3)39(47)4/h5,7-37,39H,6H2,1-4H3/b7-5-,18-8-,40-16+. The van der Waals surface area contributed by atoms with Gasteiger partial charge in [0.25, 0.3) is 0 Å². The molecule has 0 spiro atoms. The van der Waals surface area contributed by atoms with Crippen LogP contribution in [0.2, 0.25) is 0 Å². The maximum atomic E-state index is 2.52. The number of benzene rings is 7. The molecular weight excluding hydrogens is 687 g/mol. The fourth-order valence-electron chi connectivity index (χ4n) is 8.68. The van der Waals surface area contributed by atoms with Crippen LogP contribution in [0.3, 0.4) is 0 Å². The second-order valence-electron chi connectivity index (χ2n) is 15.2. The van der Waals surface area contributed by atoms with Crippen LogP contribution in [0.25, 0.3) is 82.4 Å². The highest BCUT2D eigenvalue weighted by atomic mass is 15.0. The fraction of sp³-hybridized carbons (Fsp3) is 0.107. The van der Waals surface area contributed by atoms with E-state index in [1.165, 1.54) is 99.1 Å². The van der Waals surface area contributed by atoms with Gasteiger partial charge in [-0.2, -0.15) is 0 Å². The third-order valence-corrected chi connectivity index (χ3v) is 11.8. The lowest BCUT2D eigenvalue weighted by Crippen LogP contribution is -2.00. The maximum Gasteiger partial charge on any atom is 0.0553 e. The highest BCUT2D eigenvalue weighted by molar-refractivity contribution is 6.25. The Kier molecular flexibility index (Phi) is 9.74. The lowest BCUT2D eigenvalue weighted by molar-refractivity contribution is 0.887. The zero-order valence-electron chi connectivity index (χ0n) is 33.2. The smallest absolute Gasteiger partial charge is 0.0553 e. The lowest BCUT2D eigenvalue weighted by Gasteiger charge is -2.17. The van der Waals surface area contributed by atoms with Crippen LogP contribution in [-0.4, -0.2) is 4.57 Å². The molecule has 9 rings (SSSR count). The number of allylic oxidation sites excluding steroid dienone is 12. The molecule has 7 aromatic carbocycles. The Labute approximate surface area is 336 Å². The Bertz CT molecular complexity index is 2980. The van der Waals surface area contributed by atoms with Crippen LogP contribution in [0.5, 0.6) is 0 Å². The van der Waals surface area contributed by atoms with Crippen molar-refractivity contribution in [1.82, 2.24) is 4.57 Å². The van der Waals surface area contributed by atoms with E-state index < -0.39 is 0 Å². The molecule has 1 nitrogen and oxygen atoms in total. The van der Waals surface area contributed by atoms with Crippen molar-refractivity contribution in [3.63, 3.8) is 0 Å². The van der Waals surface area contributed by atoms with Crippen molar-refractivity contribution in [3.8, 4) is 27.9 Å². The van der Waals surface area contributed by atoms with E-state index in [1.807, 2.05) is 0 Å². The zero-order chi connectivity index (χ0) is 38.9. The first-order valence-corrected chi connectivity index (χ1v) is 20.3. The number of hydrogen-bond acceptors (Lipinski definition) is 0. The average Bonchev–Trinajstić information content (AvgIpc) is 3.49. The van der Waals surface area contributed by atoms with E-state index in [0.29, 0.717) is 5.92 Å². The van der Waals surface area contributed by atoms with Crippen molar-refractivity contribution in [2.75, 3.05) is 0 Å². The van der Waals surface area contributed by atoms with Crippen LogP contribution in [-0.2, 0) is 0 Å². The number of nitrogens with zero attached hydrogens (tertiary/aromatic N) is 1. The molecule has 1 unspecified atom stereocenters. The molecule has 0 N–H and O–H groups in total. The van der Waals surface area contributed by atoms with E-state index in [4.69, 9.17) is 0 Å². The summed E-state index contributed by atoms with van der Waals surface area (Å²) in [6.45, 7) is 8.77. The lowest BCUT2D eigenvalue weighted by atomic mass is 9.88. The number of fused-ring (bicyclic) bond motifs is 6. The Balaban J connectivity index is 1.25. The third kappa shape index (κ3) is 6.60. The summed E-state index contributed by atoms with van der Waals surface area (Å²) < 4.78 is 2.52. The Morgan fingerprint density at radius 1 is 0.614 bits per heavy atom. The predicted octanol–water partition coefficient (Wildman–Crippen LogP) is 15.9. The summed E-state index contributed by atoms with van der Waals surface area (Å²) in [5, 5.41) is 7.52. The minimum absolute atomic E-state index is 0.372. The van der Waals surface area contributed by atoms with Crippen LogP contribution < -0.4 is 0 Å². The van der Waals surface area contributed by atoms with Crippen LogP contribution in [0.4, 0.5) is 0 Å². The molecule has 0 aliphatic heterocycles.